The third-order valence-corrected chi connectivity index (χ3v) is 5.70. The lowest BCUT2D eigenvalue weighted by atomic mass is 9.97. The predicted octanol–water partition coefficient (Wildman–Crippen LogP) is 3.32. The van der Waals surface area contributed by atoms with Crippen molar-refractivity contribution in [2.45, 2.75) is 44.5 Å². The molecule has 3 unspecified atom stereocenters. The highest BCUT2D eigenvalue weighted by molar-refractivity contribution is 7.17. The lowest BCUT2D eigenvalue weighted by Gasteiger charge is -2.34. The number of cyclic esters (lactones) is 1. The first-order chi connectivity index (χ1) is 14.6. The van der Waals surface area contributed by atoms with E-state index in [0.29, 0.717) is 23.6 Å². The summed E-state index contributed by atoms with van der Waals surface area (Å²) in [6, 6.07) is 3.59. The molecule has 4 heterocycles. The second kappa shape index (κ2) is 8.24. The van der Waals surface area contributed by atoms with Crippen LogP contribution in [-0.2, 0) is 10.4 Å². The fourth-order valence-corrected chi connectivity index (χ4v) is 4.05. The highest BCUT2D eigenvalue weighted by Gasteiger charge is 2.36. The van der Waals surface area contributed by atoms with Gasteiger partial charge in [0.05, 0.1) is 11.3 Å². The molecule has 1 saturated heterocycles. The van der Waals surface area contributed by atoms with E-state index in [2.05, 4.69) is 32.4 Å². The average molecular weight is 450 g/mol. The SMILES string of the molecule is C[C@H]1CN(c2cc(C(C)(C)F)cc(-c3ncnc4c3C(C(F)P)OC(=O)N4)n2)CCN1. The van der Waals surface area contributed by atoms with Gasteiger partial charge in [0.15, 0.2) is 12.0 Å². The third kappa shape index (κ3) is 4.45. The number of fused-ring (bicyclic) bond motifs is 1. The summed E-state index contributed by atoms with van der Waals surface area (Å²) in [6.45, 7) is 7.22. The normalized spacial score (nSPS) is 22.4. The molecular weight excluding hydrogens is 425 g/mol. The molecule has 31 heavy (non-hydrogen) atoms. The van der Waals surface area contributed by atoms with Gasteiger partial charge in [0.25, 0.3) is 0 Å². The number of piperazine rings is 1. The quantitative estimate of drug-likeness (QED) is 0.691. The summed E-state index contributed by atoms with van der Waals surface area (Å²) in [5.74, 6) is -0.817. The van der Waals surface area contributed by atoms with Gasteiger partial charge in [-0.3, -0.25) is 5.32 Å². The number of alkyl halides is 2. The number of nitrogens with one attached hydrogen (secondary N) is 2. The Kier molecular flexibility index (Phi) is 5.79. The van der Waals surface area contributed by atoms with Gasteiger partial charge in [-0.1, -0.05) is 9.24 Å². The molecule has 11 heteroatoms. The number of anilines is 2. The highest BCUT2D eigenvalue weighted by Crippen LogP contribution is 2.41. The summed E-state index contributed by atoms with van der Waals surface area (Å²) in [5, 5.41) is 5.85. The summed E-state index contributed by atoms with van der Waals surface area (Å²) in [6.07, 6.45) is -0.764. The number of nitrogens with zero attached hydrogens (tertiary/aromatic N) is 4. The number of hydrogen-bond acceptors (Lipinski definition) is 7. The maximum absolute atomic E-state index is 15.0. The smallest absolute Gasteiger partial charge is 0.413 e. The average Bonchev–Trinajstić information content (AvgIpc) is 2.71. The zero-order valence-corrected chi connectivity index (χ0v) is 18.7. The molecular formula is C20H25F2N6O2P. The molecule has 4 atom stereocenters. The number of carbonyl (C=O) groups is 1. The van der Waals surface area contributed by atoms with E-state index in [9.17, 15) is 13.6 Å². The van der Waals surface area contributed by atoms with Crippen LogP contribution in [0.25, 0.3) is 11.4 Å². The molecule has 1 amide bonds. The number of halogens is 2. The molecule has 0 spiro atoms. The van der Waals surface area contributed by atoms with Gasteiger partial charge in [0.2, 0.25) is 0 Å². The van der Waals surface area contributed by atoms with E-state index in [-0.39, 0.29) is 23.1 Å². The zero-order valence-electron chi connectivity index (χ0n) is 17.5. The van der Waals surface area contributed by atoms with E-state index in [4.69, 9.17) is 9.72 Å². The Morgan fingerprint density at radius 1 is 1.35 bits per heavy atom. The fourth-order valence-electron chi connectivity index (χ4n) is 3.78. The van der Waals surface area contributed by atoms with Crippen LogP contribution >= 0.6 is 9.24 Å². The van der Waals surface area contributed by atoms with Crippen molar-refractivity contribution >= 4 is 27.0 Å². The van der Waals surface area contributed by atoms with Crippen LogP contribution in [0.4, 0.5) is 25.2 Å². The van der Waals surface area contributed by atoms with Crippen LogP contribution in [0.1, 0.15) is 38.0 Å². The molecule has 0 saturated carbocycles. The van der Waals surface area contributed by atoms with E-state index in [0.717, 1.165) is 13.1 Å². The van der Waals surface area contributed by atoms with E-state index in [1.54, 1.807) is 12.1 Å². The third-order valence-electron chi connectivity index (χ3n) is 5.35. The predicted molar refractivity (Wildman–Crippen MR) is 117 cm³/mol. The standard InChI is InChI=1S/C20H25F2N6O2P/c1-10-8-28(5-4-23-10)13-7-11(20(2,3)22)6-12(26-13)15-14-16(17(21)31)30-19(29)27-18(14)25-9-24-15/h6-7,9-10,16-17,23H,4-5,8,31H2,1-3H3,(H,24,25,27,29)/t10-,16?,17?/m0/s1. The largest absolute Gasteiger partial charge is 0.437 e. The van der Waals surface area contributed by atoms with Gasteiger partial charge in [-0.05, 0) is 38.5 Å². The van der Waals surface area contributed by atoms with Crippen LogP contribution in [-0.4, -0.2) is 52.6 Å². The van der Waals surface area contributed by atoms with Crippen LogP contribution in [0, 0.1) is 0 Å². The van der Waals surface area contributed by atoms with Crippen LogP contribution in [0.5, 0.6) is 0 Å². The molecule has 0 radical (unpaired) electrons. The van der Waals surface area contributed by atoms with Crippen molar-refractivity contribution < 1.29 is 18.3 Å². The van der Waals surface area contributed by atoms with Crippen molar-refractivity contribution in [1.82, 2.24) is 20.3 Å². The summed E-state index contributed by atoms with van der Waals surface area (Å²) in [5.41, 5.74) is -0.294. The van der Waals surface area contributed by atoms with E-state index >= 15 is 0 Å². The van der Waals surface area contributed by atoms with E-state index in [1.165, 1.54) is 20.2 Å². The number of hydrogen-bond donors (Lipinski definition) is 2. The number of carbonyl (C=O) groups excluding carboxylic acids is 1. The molecule has 0 bridgehead atoms. The van der Waals surface area contributed by atoms with Crippen molar-refractivity contribution in [2.24, 2.45) is 0 Å². The number of aromatic nitrogens is 3. The Bertz CT molecular complexity index is 1000. The van der Waals surface area contributed by atoms with Crippen LogP contribution in [0.2, 0.25) is 0 Å². The van der Waals surface area contributed by atoms with Gasteiger partial charge in [-0.25, -0.2) is 28.5 Å². The van der Waals surface area contributed by atoms with Gasteiger partial charge in [-0.15, -0.1) is 0 Å². The first kappa shape index (κ1) is 21.8. The number of ether oxygens (including phenoxy) is 1. The zero-order chi connectivity index (χ0) is 22.3. The Hall–Kier alpha value is -2.45. The number of rotatable bonds is 4. The molecule has 4 rings (SSSR count). The van der Waals surface area contributed by atoms with Crippen molar-refractivity contribution in [2.75, 3.05) is 29.9 Å². The Morgan fingerprint density at radius 2 is 2.13 bits per heavy atom. The van der Waals surface area contributed by atoms with Crippen molar-refractivity contribution in [3.63, 3.8) is 0 Å². The molecule has 2 N–H and O–H groups in total. The maximum atomic E-state index is 15.0. The second-order valence-corrected chi connectivity index (χ2v) is 8.89. The van der Waals surface area contributed by atoms with Crippen molar-refractivity contribution in [1.29, 1.82) is 0 Å². The summed E-state index contributed by atoms with van der Waals surface area (Å²) in [7, 11) is 1.99. The van der Waals surface area contributed by atoms with Gasteiger partial charge in [-0.2, -0.15) is 0 Å². The lowest BCUT2D eigenvalue weighted by molar-refractivity contribution is 0.0777. The Morgan fingerprint density at radius 3 is 2.81 bits per heavy atom. The first-order valence-corrected chi connectivity index (χ1v) is 10.7. The summed E-state index contributed by atoms with van der Waals surface area (Å²) in [4.78, 5) is 27.0. The van der Waals surface area contributed by atoms with Gasteiger partial charge >= 0.3 is 6.09 Å². The van der Waals surface area contributed by atoms with E-state index < -0.39 is 23.8 Å². The molecule has 2 aromatic heterocycles. The molecule has 2 aromatic rings. The molecule has 1 fully saturated rings. The minimum absolute atomic E-state index is 0.153. The topological polar surface area (TPSA) is 92.3 Å². The minimum Gasteiger partial charge on any atom is -0.437 e. The number of amides is 1. The Balaban J connectivity index is 1.88. The maximum Gasteiger partial charge on any atom is 0.413 e. The van der Waals surface area contributed by atoms with Crippen molar-refractivity contribution in [3.05, 3.63) is 29.6 Å². The van der Waals surface area contributed by atoms with Gasteiger partial charge in [0.1, 0.15) is 29.3 Å². The summed E-state index contributed by atoms with van der Waals surface area (Å²) < 4.78 is 34.5. The minimum atomic E-state index is -1.63. The van der Waals surface area contributed by atoms with Gasteiger partial charge in [0, 0.05) is 25.7 Å². The Labute approximate surface area is 181 Å². The molecule has 8 nitrogen and oxygen atoms in total. The molecule has 166 valence electrons. The van der Waals surface area contributed by atoms with Crippen LogP contribution in [0.3, 0.4) is 0 Å². The van der Waals surface area contributed by atoms with E-state index in [1.807, 2.05) is 9.24 Å². The van der Waals surface area contributed by atoms with Crippen molar-refractivity contribution in [3.8, 4) is 11.4 Å². The summed E-state index contributed by atoms with van der Waals surface area (Å²) >= 11 is 0. The molecule has 0 aliphatic carbocycles. The second-order valence-electron chi connectivity index (χ2n) is 8.25. The van der Waals surface area contributed by atoms with Crippen LogP contribution < -0.4 is 15.5 Å². The fraction of sp³-hybridized carbons (Fsp3) is 0.500. The van der Waals surface area contributed by atoms with Crippen LogP contribution in [0.15, 0.2) is 18.5 Å². The molecule has 0 aromatic carbocycles. The molecule has 2 aliphatic heterocycles. The first-order valence-electron chi connectivity index (χ1n) is 10.1. The lowest BCUT2D eigenvalue weighted by Crippen LogP contribution is -2.49. The highest BCUT2D eigenvalue weighted by atomic mass is 31.0. The van der Waals surface area contributed by atoms with Gasteiger partial charge < -0.3 is 15.0 Å². The number of pyridine rings is 1. The monoisotopic (exact) mass is 450 g/mol. The molecule has 2 aliphatic rings.